The Bertz CT molecular complexity index is 1190. The maximum absolute atomic E-state index is 12.9. The molecule has 1 saturated heterocycles. The van der Waals surface area contributed by atoms with Gasteiger partial charge in [0.05, 0.1) is 17.4 Å². The maximum atomic E-state index is 12.9. The lowest BCUT2D eigenvalue weighted by atomic mass is 10.1. The van der Waals surface area contributed by atoms with E-state index in [-0.39, 0.29) is 11.8 Å². The van der Waals surface area contributed by atoms with Crippen molar-refractivity contribution in [2.45, 2.75) is 0 Å². The molecule has 7 nitrogen and oxygen atoms in total. The number of hydrogen-bond acceptors (Lipinski definition) is 3. The Morgan fingerprint density at radius 2 is 1.40 bits per heavy atom. The summed E-state index contributed by atoms with van der Waals surface area (Å²) in [6, 6.07) is 17.0. The van der Waals surface area contributed by atoms with Crippen LogP contribution in [0.4, 0.5) is 0 Å². The highest BCUT2D eigenvalue weighted by molar-refractivity contribution is 5.98. The number of piperazine rings is 1. The number of hydrogen-bond donors (Lipinski definition) is 1. The molecule has 0 aliphatic carbocycles. The molecule has 0 saturated carbocycles. The van der Waals surface area contributed by atoms with Crippen LogP contribution in [0, 0.1) is 0 Å². The normalized spacial score (nSPS) is 14.3. The summed E-state index contributed by atoms with van der Waals surface area (Å²) in [5.74, 6) is -0.0188. The Morgan fingerprint density at radius 3 is 2.07 bits per heavy atom. The number of imidazole rings is 1. The fourth-order valence-corrected chi connectivity index (χ4v) is 3.83. The molecule has 0 spiro atoms. The summed E-state index contributed by atoms with van der Waals surface area (Å²) in [7, 11) is 0. The van der Waals surface area contributed by atoms with Crippen LogP contribution < -0.4 is 0 Å². The predicted octanol–water partition coefficient (Wildman–Crippen LogP) is 2.95. The van der Waals surface area contributed by atoms with E-state index in [1.54, 1.807) is 17.3 Å². The molecular formula is C23H21N5O2. The van der Waals surface area contributed by atoms with Gasteiger partial charge in [-0.3, -0.25) is 9.59 Å². The monoisotopic (exact) mass is 399 g/mol. The first-order chi connectivity index (χ1) is 14.7. The molecule has 150 valence electrons. The highest BCUT2D eigenvalue weighted by atomic mass is 16.2. The van der Waals surface area contributed by atoms with Gasteiger partial charge in [-0.25, -0.2) is 4.98 Å². The zero-order chi connectivity index (χ0) is 20.5. The summed E-state index contributed by atoms with van der Waals surface area (Å²) in [5.41, 5.74) is 3.99. The predicted molar refractivity (Wildman–Crippen MR) is 114 cm³/mol. The number of fused-ring (bicyclic) bond motifs is 1. The first kappa shape index (κ1) is 18.2. The van der Waals surface area contributed by atoms with Crippen LogP contribution in [-0.2, 0) is 0 Å². The van der Waals surface area contributed by atoms with Crippen molar-refractivity contribution >= 4 is 22.8 Å². The summed E-state index contributed by atoms with van der Waals surface area (Å²) in [5, 5.41) is 0. The maximum Gasteiger partial charge on any atom is 0.254 e. The molecular weight excluding hydrogens is 378 g/mol. The number of aromatic nitrogens is 3. The van der Waals surface area contributed by atoms with E-state index in [4.69, 9.17) is 0 Å². The Labute approximate surface area is 173 Å². The molecule has 0 atom stereocenters. The third kappa shape index (κ3) is 3.34. The van der Waals surface area contributed by atoms with E-state index in [0.717, 1.165) is 16.7 Å². The molecule has 30 heavy (non-hydrogen) atoms. The van der Waals surface area contributed by atoms with E-state index in [1.165, 1.54) is 0 Å². The van der Waals surface area contributed by atoms with Gasteiger partial charge in [-0.15, -0.1) is 0 Å². The van der Waals surface area contributed by atoms with Crippen LogP contribution in [0.5, 0.6) is 0 Å². The van der Waals surface area contributed by atoms with Crippen molar-refractivity contribution in [2.75, 3.05) is 26.2 Å². The van der Waals surface area contributed by atoms with Crippen LogP contribution in [0.15, 0.2) is 73.3 Å². The van der Waals surface area contributed by atoms with Gasteiger partial charge >= 0.3 is 0 Å². The third-order valence-electron chi connectivity index (χ3n) is 5.54. The molecule has 4 aromatic rings. The topological polar surface area (TPSA) is 74.2 Å². The number of carbonyl (C=O) groups is 2. The van der Waals surface area contributed by atoms with Gasteiger partial charge in [0, 0.05) is 55.4 Å². The second kappa shape index (κ2) is 7.51. The second-order valence-corrected chi connectivity index (χ2v) is 7.36. The van der Waals surface area contributed by atoms with Crippen LogP contribution in [-0.4, -0.2) is 62.3 Å². The van der Waals surface area contributed by atoms with Crippen LogP contribution in [0.1, 0.15) is 20.7 Å². The minimum Gasteiger partial charge on any atom is -0.345 e. The largest absolute Gasteiger partial charge is 0.345 e. The first-order valence-corrected chi connectivity index (χ1v) is 9.94. The van der Waals surface area contributed by atoms with Crippen LogP contribution >= 0.6 is 0 Å². The van der Waals surface area contributed by atoms with Crippen molar-refractivity contribution in [1.29, 1.82) is 0 Å². The molecule has 5 rings (SSSR count). The van der Waals surface area contributed by atoms with E-state index in [9.17, 15) is 9.59 Å². The number of nitrogens with one attached hydrogen (secondary N) is 1. The minimum atomic E-state index is -0.0188. The van der Waals surface area contributed by atoms with Crippen molar-refractivity contribution in [3.63, 3.8) is 0 Å². The number of carbonyl (C=O) groups excluding carboxylic acids is 2. The number of nitrogens with zero attached hydrogens (tertiary/aromatic N) is 4. The summed E-state index contributed by atoms with van der Waals surface area (Å²) < 4.78 is 2.00. The highest BCUT2D eigenvalue weighted by Gasteiger charge is 2.25. The molecule has 0 unspecified atom stereocenters. The lowest BCUT2D eigenvalue weighted by molar-refractivity contribution is 0.0535. The molecule has 2 aromatic heterocycles. The van der Waals surface area contributed by atoms with Crippen LogP contribution in [0.25, 0.3) is 16.7 Å². The molecule has 1 aliphatic rings. The van der Waals surface area contributed by atoms with Gasteiger partial charge in [0.1, 0.15) is 0 Å². The van der Waals surface area contributed by atoms with Crippen molar-refractivity contribution in [1.82, 2.24) is 24.3 Å². The smallest absolute Gasteiger partial charge is 0.254 e. The van der Waals surface area contributed by atoms with E-state index in [1.807, 2.05) is 70.4 Å². The van der Waals surface area contributed by atoms with E-state index >= 15 is 0 Å². The minimum absolute atomic E-state index is 0.0000321. The van der Waals surface area contributed by atoms with Gasteiger partial charge in [0.25, 0.3) is 11.8 Å². The number of amides is 2. The third-order valence-corrected chi connectivity index (χ3v) is 5.54. The Kier molecular flexibility index (Phi) is 4.55. The average Bonchev–Trinajstić information content (AvgIpc) is 3.50. The number of aromatic amines is 1. The average molecular weight is 399 g/mol. The zero-order valence-corrected chi connectivity index (χ0v) is 16.4. The second-order valence-electron chi connectivity index (χ2n) is 7.36. The molecule has 3 heterocycles. The molecule has 2 amide bonds. The van der Waals surface area contributed by atoms with Gasteiger partial charge in [-0.05, 0) is 54.6 Å². The molecule has 0 bridgehead atoms. The van der Waals surface area contributed by atoms with Crippen LogP contribution in [0.2, 0.25) is 0 Å². The molecule has 2 aromatic carbocycles. The lowest BCUT2D eigenvalue weighted by Gasteiger charge is -2.35. The van der Waals surface area contributed by atoms with Crippen molar-refractivity contribution < 1.29 is 9.59 Å². The van der Waals surface area contributed by atoms with Crippen LogP contribution in [0.3, 0.4) is 0 Å². The summed E-state index contributed by atoms with van der Waals surface area (Å²) in [6.07, 6.45) is 5.56. The van der Waals surface area contributed by atoms with Crippen molar-refractivity contribution in [2.24, 2.45) is 0 Å². The molecule has 0 radical (unpaired) electrons. The SMILES string of the molecule is O=C(c1ccc(-n2cccc2)cc1)N1CCN(C(=O)c2ccc3nc[nH]c3c2)CC1. The highest BCUT2D eigenvalue weighted by Crippen LogP contribution is 2.17. The Balaban J connectivity index is 1.23. The van der Waals surface area contributed by atoms with Gasteiger partial charge in [-0.1, -0.05) is 0 Å². The summed E-state index contributed by atoms with van der Waals surface area (Å²) >= 11 is 0. The molecule has 7 heteroatoms. The lowest BCUT2D eigenvalue weighted by Crippen LogP contribution is -2.50. The van der Waals surface area contributed by atoms with Gasteiger partial charge in [0.2, 0.25) is 0 Å². The number of rotatable bonds is 3. The molecule has 1 N–H and O–H groups in total. The summed E-state index contributed by atoms with van der Waals surface area (Å²) in [6.45, 7) is 2.09. The van der Waals surface area contributed by atoms with Crippen molar-refractivity contribution in [3.8, 4) is 5.69 Å². The van der Waals surface area contributed by atoms with Gasteiger partial charge in [-0.2, -0.15) is 0 Å². The van der Waals surface area contributed by atoms with Crippen molar-refractivity contribution in [3.05, 3.63) is 84.4 Å². The van der Waals surface area contributed by atoms with Gasteiger partial charge < -0.3 is 19.4 Å². The van der Waals surface area contributed by atoms with Gasteiger partial charge in [0.15, 0.2) is 0 Å². The van der Waals surface area contributed by atoms with E-state index in [0.29, 0.717) is 37.3 Å². The Hall–Kier alpha value is -3.87. The quantitative estimate of drug-likeness (QED) is 0.576. The van der Waals surface area contributed by atoms with E-state index < -0.39 is 0 Å². The first-order valence-electron chi connectivity index (χ1n) is 9.94. The fraction of sp³-hybridized carbons (Fsp3) is 0.174. The van der Waals surface area contributed by atoms with E-state index in [2.05, 4.69) is 9.97 Å². The fourth-order valence-electron chi connectivity index (χ4n) is 3.83. The number of benzene rings is 2. The summed E-state index contributed by atoms with van der Waals surface area (Å²) in [4.78, 5) is 36.5. The molecule has 1 fully saturated rings. The Morgan fingerprint density at radius 1 is 0.800 bits per heavy atom. The molecule has 1 aliphatic heterocycles. The zero-order valence-electron chi connectivity index (χ0n) is 16.4. The standard InChI is InChI=1S/C23H21N5O2/c29-22(17-3-6-19(7-4-17)26-9-1-2-10-26)27-11-13-28(14-12-27)23(30)18-5-8-20-21(15-18)25-16-24-20/h1-10,15-16H,11-14H2,(H,24,25). The number of H-pyrrole nitrogens is 1.